The predicted octanol–water partition coefficient (Wildman–Crippen LogP) is 3.11. The molecule has 0 saturated carbocycles. The van der Waals surface area contributed by atoms with Crippen LogP contribution in [0.15, 0.2) is 54.6 Å². The van der Waals surface area contributed by atoms with E-state index in [4.69, 9.17) is 9.47 Å². The van der Waals surface area contributed by atoms with Crippen LogP contribution in [0.5, 0.6) is 5.75 Å². The molecule has 0 aromatic heterocycles. The van der Waals surface area contributed by atoms with Crippen molar-refractivity contribution in [2.24, 2.45) is 5.92 Å². The topological polar surface area (TPSA) is 72.9 Å². The zero-order valence-electron chi connectivity index (χ0n) is 16.4. The van der Waals surface area contributed by atoms with E-state index in [1.54, 1.807) is 36.1 Å². The Morgan fingerprint density at radius 2 is 1.75 bits per heavy atom. The van der Waals surface area contributed by atoms with E-state index in [1.165, 1.54) is 14.0 Å². The van der Waals surface area contributed by atoms with Gasteiger partial charge in [0.05, 0.1) is 13.0 Å². The molecule has 0 saturated heterocycles. The van der Waals surface area contributed by atoms with Crippen LogP contribution in [0.3, 0.4) is 0 Å². The lowest BCUT2D eigenvalue weighted by molar-refractivity contribution is -0.147. The van der Waals surface area contributed by atoms with Crippen molar-refractivity contribution < 1.29 is 23.9 Å². The minimum Gasteiger partial charge on any atom is -0.484 e. The number of amides is 1. The van der Waals surface area contributed by atoms with Crippen LogP contribution in [0.1, 0.15) is 29.8 Å². The number of benzene rings is 2. The van der Waals surface area contributed by atoms with Crippen molar-refractivity contribution in [3.8, 4) is 5.75 Å². The molecule has 1 unspecified atom stereocenters. The SMILES string of the molecule is COC(=O)C(C)CN(Cc1ccccc1)C(=O)COc1cccc(C(C)=O)c1. The number of Topliss-reactive ketones (excluding diaryl/α,β-unsaturated/α-hetero) is 1. The first-order valence-corrected chi connectivity index (χ1v) is 9.04. The van der Waals surface area contributed by atoms with Gasteiger partial charge in [0, 0.05) is 18.7 Å². The summed E-state index contributed by atoms with van der Waals surface area (Å²) in [5.41, 5.74) is 1.47. The van der Waals surface area contributed by atoms with Crippen molar-refractivity contribution in [3.05, 3.63) is 65.7 Å². The first-order chi connectivity index (χ1) is 13.4. The molecule has 1 atom stereocenters. The van der Waals surface area contributed by atoms with E-state index in [2.05, 4.69) is 0 Å². The van der Waals surface area contributed by atoms with Crippen LogP contribution < -0.4 is 4.74 Å². The third-order valence-corrected chi connectivity index (χ3v) is 4.27. The Morgan fingerprint density at radius 1 is 1.04 bits per heavy atom. The molecule has 1 amide bonds. The molecular formula is C22H25NO5. The van der Waals surface area contributed by atoms with Gasteiger partial charge in [0.1, 0.15) is 5.75 Å². The molecule has 2 aromatic carbocycles. The van der Waals surface area contributed by atoms with Gasteiger partial charge in [0.25, 0.3) is 5.91 Å². The number of hydrogen-bond donors (Lipinski definition) is 0. The molecule has 148 valence electrons. The number of carbonyl (C=O) groups is 3. The lowest BCUT2D eigenvalue weighted by Crippen LogP contribution is -2.39. The summed E-state index contributed by atoms with van der Waals surface area (Å²) >= 11 is 0. The second-order valence-corrected chi connectivity index (χ2v) is 6.56. The molecule has 0 spiro atoms. The van der Waals surface area contributed by atoms with Crippen LogP contribution in [-0.4, -0.2) is 42.8 Å². The molecule has 0 N–H and O–H groups in total. The van der Waals surface area contributed by atoms with Gasteiger partial charge in [-0.15, -0.1) is 0 Å². The second kappa shape index (κ2) is 10.3. The van der Waals surface area contributed by atoms with Gasteiger partial charge < -0.3 is 14.4 Å². The van der Waals surface area contributed by atoms with E-state index in [9.17, 15) is 14.4 Å². The Hall–Kier alpha value is -3.15. The number of nitrogens with zero attached hydrogens (tertiary/aromatic N) is 1. The molecule has 6 heteroatoms. The molecule has 2 aromatic rings. The molecule has 0 radical (unpaired) electrons. The smallest absolute Gasteiger partial charge is 0.310 e. The fourth-order valence-corrected chi connectivity index (χ4v) is 2.71. The zero-order chi connectivity index (χ0) is 20.5. The average Bonchev–Trinajstić information content (AvgIpc) is 2.71. The molecule has 0 fully saturated rings. The summed E-state index contributed by atoms with van der Waals surface area (Å²) < 4.78 is 10.4. The summed E-state index contributed by atoms with van der Waals surface area (Å²) in [7, 11) is 1.33. The molecule has 0 aliphatic rings. The maximum Gasteiger partial charge on any atom is 0.310 e. The highest BCUT2D eigenvalue weighted by atomic mass is 16.5. The number of carbonyl (C=O) groups excluding carboxylic acids is 3. The average molecular weight is 383 g/mol. The van der Waals surface area contributed by atoms with Crippen molar-refractivity contribution in [1.29, 1.82) is 0 Å². The van der Waals surface area contributed by atoms with Crippen LogP contribution in [0.25, 0.3) is 0 Å². The lowest BCUT2D eigenvalue weighted by atomic mass is 10.1. The highest BCUT2D eigenvalue weighted by molar-refractivity contribution is 5.94. The number of ketones is 1. The molecule has 6 nitrogen and oxygen atoms in total. The highest BCUT2D eigenvalue weighted by Crippen LogP contribution is 2.15. The third kappa shape index (κ3) is 6.23. The first-order valence-electron chi connectivity index (χ1n) is 9.04. The number of hydrogen-bond acceptors (Lipinski definition) is 5. The predicted molar refractivity (Wildman–Crippen MR) is 105 cm³/mol. The fourth-order valence-electron chi connectivity index (χ4n) is 2.71. The molecule has 0 aliphatic carbocycles. The summed E-state index contributed by atoms with van der Waals surface area (Å²) in [4.78, 5) is 37.6. The van der Waals surface area contributed by atoms with Gasteiger partial charge in [-0.3, -0.25) is 14.4 Å². The number of methoxy groups -OCH3 is 1. The van der Waals surface area contributed by atoms with Crippen LogP contribution in [-0.2, 0) is 20.9 Å². The maximum atomic E-state index is 12.8. The molecule has 0 aliphatic heterocycles. The molecule has 2 rings (SSSR count). The maximum absolute atomic E-state index is 12.8. The van der Waals surface area contributed by atoms with Gasteiger partial charge >= 0.3 is 5.97 Å². The van der Waals surface area contributed by atoms with Gasteiger partial charge in [-0.1, -0.05) is 49.4 Å². The number of esters is 1. The summed E-state index contributed by atoms with van der Waals surface area (Å²) in [6.45, 7) is 3.57. The summed E-state index contributed by atoms with van der Waals surface area (Å²) in [6.07, 6.45) is 0. The standard InChI is InChI=1S/C22H25NO5/c1-16(22(26)27-3)13-23(14-18-8-5-4-6-9-18)21(25)15-28-20-11-7-10-19(12-20)17(2)24/h4-12,16H,13-15H2,1-3H3. The lowest BCUT2D eigenvalue weighted by Gasteiger charge is -2.25. The van der Waals surface area contributed by atoms with Gasteiger partial charge in [-0.25, -0.2) is 0 Å². The molecule has 28 heavy (non-hydrogen) atoms. The molecule has 0 bridgehead atoms. The van der Waals surface area contributed by atoms with Crippen LogP contribution >= 0.6 is 0 Å². The van der Waals surface area contributed by atoms with E-state index < -0.39 is 5.92 Å². The van der Waals surface area contributed by atoms with Crippen molar-refractivity contribution in [2.45, 2.75) is 20.4 Å². The largest absolute Gasteiger partial charge is 0.484 e. The normalized spacial score (nSPS) is 11.4. The number of ether oxygens (including phenoxy) is 2. The zero-order valence-corrected chi connectivity index (χ0v) is 16.4. The Bertz CT molecular complexity index is 819. The van der Waals surface area contributed by atoms with Crippen molar-refractivity contribution in [2.75, 3.05) is 20.3 Å². The van der Waals surface area contributed by atoms with Crippen molar-refractivity contribution in [3.63, 3.8) is 0 Å². The van der Waals surface area contributed by atoms with E-state index in [-0.39, 0.29) is 30.8 Å². The van der Waals surface area contributed by atoms with Gasteiger partial charge in [-0.2, -0.15) is 0 Å². The number of rotatable bonds is 9. The minimum absolute atomic E-state index is 0.0746. The Morgan fingerprint density at radius 3 is 2.39 bits per heavy atom. The van der Waals surface area contributed by atoms with E-state index in [0.29, 0.717) is 17.9 Å². The van der Waals surface area contributed by atoms with Gasteiger partial charge in [0.2, 0.25) is 0 Å². The minimum atomic E-state index is -0.460. The van der Waals surface area contributed by atoms with Crippen LogP contribution in [0.2, 0.25) is 0 Å². The van der Waals surface area contributed by atoms with Crippen LogP contribution in [0.4, 0.5) is 0 Å². The first kappa shape index (κ1) is 21.2. The quantitative estimate of drug-likeness (QED) is 0.491. The van der Waals surface area contributed by atoms with E-state index in [0.717, 1.165) is 5.56 Å². The van der Waals surface area contributed by atoms with E-state index >= 15 is 0 Å². The molecular weight excluding hydrogens is 358 g/mol. The Labute approximate surface area is 165 Å². The van der Waals surface area contributed by atoms with Gasteiger partial charge in [-0.05, 0) is 24.6 Å². The summed E-state index contributed by atoms with van der Waals surface area (Å²) in [5.74, 6) is -0.719. The van der Waals surface area contributed by atoms with Crippen molar-refractivity contribution >= 4 is 17.7 Å². The molecule has 0 heterocycles. The Kier molecular flexibility index (Phi) is 7.75. The summed E-state index contributed by atoms with van der Waals surface area (Å²) in [6, 6.07) is 16.2. The second-order valence-electron chi connectivity index (χ2n) is 6.56. The summed E-state index contributed by atoms with van der Waals surface area (Å²) in [5, 5.41) is 0. The highest BCUT2D eigenvalue weighted by Gasteiger charge is 2.22. The Balaban J connectivity index is 2.08. The van der Waals surface area contributed by atoms with Crippen molar-refractivity contribution in [1.82, 2.24) is 4.90 Å². The fraction of sp³-hybridized carbons (Fsp3) is 0.318. The van der Waals surface area contributed by atoms with Crippen LogP contribution in [0, 0.1) is 5.92 Å². The van der Waals surface area contributed by atoms with Gasteiger partial charge in [0.15, 0.2) is 12.4 Å². The monoisotopic (exact) mass is 383 g/mol. The third-order valence-electron chi connectivity index (χ3n) is 4.27. The van der Waals surface area contributed by atoms with E-state index in [1.807, 2.05) is 30.3 Å².